The lowest BCUT2D eigenvalue weighted by Gasteiger charge is -2.12. The zero-order valence-corrected chi connectivity index (χ0v) is 17.0. The van der Waals surface area contributed by atoms with Crippen LogP contribution >= 0.6 is 0 Å². The number of rotatable bonds is 2. The zero-order valence-electron chi connectivity index (χ0n) is 17.0. The van der Waals surface area contributed by atoms with Crippen LogP contribution in [-0.2, 0) is 12.7 Å². The number of nitrogens with zero attached hydrogens (tertiary/aromatic N) is 3. The van der Waals surface area contributed by atoms with Crippen LogP contribution in [0.15, 0.2) is 62.5 Å². The van der Waals surface area contributed by atoms with Crippen molar-refractivity contribution in [3.8, 4) is 0 Å². The van der Waals surface area contributed by atoms with Crippen LogP contribution in [0.4, 0.5) is 13.2 Å². The Morgan fingerprint density at radius 1 is 1.00 bits per heavy atom. The van der Waals surface area contributed by atoms with Gasteiger partial charge in [-0.25, -0.2) is 14.2 Å². The molecule has 0 aliphatic carbocycles. The minimum atomic E-state index is -4.77. The largest absolute Gasteiger partial charge is 0.433 e. The molecule has 0 fully saturated rings. The van der Waals surface area contributed by atoms with Crippen molar-refractivity contribution in [2.45, 2.75) is 26.6 Å². The van der Waals surface area contributed by atoms with Crippen LogP contribution in [0, 0.1) is 13.8 Å². The predicted molar refractivity (Wildman–Crippen MR) is 113 cm³/mol. The molecular formula is C23H16F3N3O3. The van der Waals surface area contributed by atoms with E-state index in [1.54, 1.807) is 30.3 Å². The van der Waals surface area contributed by atoms with E-state index in [4.69, 9.17) is 4.42 Å². The molecule has 0 bridgehead atoms. The number of aryl methyl sites for hydroxylation is 2. The highest BCUT2D eigenvalue weighted by Crippen LogP contribution is 2.29. The Balaban J connectivity index is 1.86. The molecule has 0 atom stereocenters. The Hall–Kier alpha value is -3.88. The van der Waals surface area contributed by atoms with Gasteiger partial charge in [0.05, 0.1) is 17.6 Å². The second kappa shape index (κ2) is 6.81. The molecule has 9 heteroatoms. The first-order chi connectivity index (χ1) is 15.1. The van der Waals surface area contributed by atoms with E-state index in [0.29, 0.717) is 33.6 Å². The van der Waals surface area contributed by atoms with Gasteiger partial charge in [0, 0.05) is 17.5 Å². The summed E-state index contributed by atoms with van der Waals surface area (Å²) in [6.07, 6.45) is -4.77. The van der Waals surface area contributed by atoms with Gasteiger partial charge < -0.3 is 8.98 Å². The number of halogens is 3. The Morgan fingerprint density at radius 2 is 1.72 bits per heavy atom. The van der Waals surface area contributed by atoms with Crippen molar-refractivity contribution in [3.63, 3.8) is 0 Å². The zero-order chi connectivity index (χ0) is 22.8. The molecule has 5 rings (SSSR count). The molecule has 0 unspecified atom stereocenters. The monoisotopic (exact) mass is 439 g/mol. The average Bonchev–Trinajstić information content (AvgIpc) is 3.01. The van der Waals surface area contributed by atoms with Crippen LogP contribution in [0.2, 0.25) is 0 Å². The first-order valence-electron chi connectivity index (χ1n) is 9.76. The minimum Gasteiger partial charge on any atom is -0.423 e. The van der Waals surface area contributed by atoms with Crippen LogP contribution < -0.4 is 11.2 Å². The van der Waals surface area contributed by atoms with Crippen LogP contribution in [-0.4, -0.2) is 14.0 Å². The fraction of sp³-hybridized carbons (Fsp3) is 0.174. The molecule has 0 aliphatic heterocycles. The van der Waals surface area contributed by atoms with Gasteiger partial charge in [0.25, 0.3) is 5.56 Å². The third-order valence-electron chi connectivity index (χ3n) is 5.44. The lowest BCUT2D eigenvalue weighted by atomic mass is 10.0. The molecule has 3 aromatic heterocycles. The number of imidazole rings is 1. The lowest BCUT2D eigenvalue weighted by Crippen LogP contribution is -2.20. The molecule has 0 saturated carbocycles. The van der Waals surface area contributed by atoms with E-state index in [9.17, 15) is 22.8 Å². The summed E-state index contributed by atoms with van der Waals surface area (Å²) >= 11 is 0. The van der Waals surface area contributed by atoms with Crippen LogP contribution in [0.3, 0.4) is 0 Å². The molecule has 3 heterocycles. The smallest absolute Gasteiger partial charge is 0.423 e. The number of fused-ring (bicyclic) bond motifs is 4. The normalized spacial score (nSPS) is 12.3. The summed E-state index contributed by atoms with van der Waals surface area (Å²) in [6.45, 7) is 3.77. The molecular weight excluding hydrogens is 423 g/mol. The summed E-state index contributed by atoms with van der Waals surface area (Å²) in [5, 5.41) is 0.695. The SMILES string of the molecule is Cc1cc(C)c2c(Cn3c4ccccc4n4c(=O)cc(C(F)(F)F)nc34)cc(=O)oc2c1. The maximum absolute atomic E-state index is 13.4. The van der Waals surface area contributed by atoms with E-state index in [-0.39, 0.29) is 12.3 Å². The molecule has 6 nitrogen and oxygen atoms in total. The first-order valence-corrected chi connectivity index (χ1v) is 9.76. The summed E-state index contributed by atoms with van der Waals surface area (Å²) < 4.78 is 48.2. The van der Waals surface area contributed by atoms with Crippen molar-refractivity contribution in [2.24, 2.45) is 0 Å². The minimum absolute atomic E-state index is 0.0246. The summed E-state index contributed by atoms with van der Waals surface area (Å²) in [5.41, 5.74) is 0.999. The number of benzene rings is 2. The molecule has 0 spiro atoms. The third kappa shape index (κ3) is 3.08. The van der Waals surface area contributed by atoms with E-state index in [1.165, 1.54) is 10.6 Å². The summed E-state index contributed by atoms with van der Waals surface area (Å²) in [7, 11) is 0. The highest BCUT2D eigenvalue weighted by atomic mass is 19.4. The maximum Gasteiger partial charge on any atom is 0.433 e. The maximum atomic E-state index is 13.4. The van der Waals surface area contributed by atoms with Crippen molar-refractivity contribution < 1.29 is 17.6 Å². The van der Waals surface area contributed by atoms with E-state index in [1.807, 2.05) is 19.9 Å². The molecule has 0 N–H and O–H groups in total. The summed E-state index contributed by atoms with van der Waals surface area (Å²) in [6, 6.07) is 12.2. The van der Waals surface area contributed by atoms with Gasteiger partial charge in [-0.2, -0.15) is 13.2 Å². The third-order valence-corrected chi connectivity index (χ3v) is 5.44. The van der Waals surface area contributed by atoms with Gasteiger partial charge in [0.15, 0.2) is 5.69 Å². The van der Waals surface area contributed by atoms with E-state index in [2.05, 4.69) is 4.98 Å². The standard InChI is InChI=1S/C23H16F3N3O3/c1-12-7-13(2)21-14(9-20(31)32-17(21)8-12)11-28-15-5-3-4-6-16(15)29-19(30)10-18(23(24,25)26)27-22(28)29/h3-10H,11H2,1-2H3. The molecule has 0 saturated heterocycles. The number of para-hydroxylation sites is 2. The van der Waals surface area contributed by atoms with Gasteiger partial charge in [0.1, 0.15) is 5.58 Å². The Morgan fingerprint density at radius 3 is 2.44 bits per heavy atom. The number of hydrogen-bond acceptors (Lipinski definition) is 4. The van der Waals surface area contributed by atoms with Crippen molar-refractivity contribution in [3.05, 3.63) is 91.7 Å². The van der Waals surface area contributed by atoms with E-state index < -0.39 is 23.1 Å². The second-order valence-corrected chi connectivity index (χ2v) is 7.73. The van der Waals surface area contributed by atoms with E-state index in [0.717, 1.165) is 15.5 Å². The molecule has 0 radical (unpaired) electrons. The van der Waals surface area contributed by atoms with E-state index >= 15 is 0 Å². The quantitative estimate of drug-likeness (QED) is 0.382. The van der Waals surface area contributed by atoms with Gasteiger partial charge in [0.2, 0.25) is 5.78 Å². The highest BCUT2D eigenvalue weighted by Gasteiger charge is 2.34. The van der Waals surface area contributed by atoms with Gasteiger partial charge in [-0.05, 0) is 48.7 Å². The Kier molecular flexibility index (Phi) is 4.27. The molecule has 162 valence electrons. The van der Waals surface area contributed by atoms with Crippen molar-refractivity contribution in [2.75, 3.05) is 0 Å². The van der Waals surface area contributed by atoms with Crippen LogP contribution in [0.25, 0.3) is 27.8 Å². The number of hydrogen-bond donors (Lipinski definition) is 0. The fourth-order valence-corrected chi connectivity index (χ4v) is 4.24. The van der Waals surface area contributed by atoms with Crippen molar-refractivity contribution in [1.82, 2.24) is 14.0 Å². The molecule has 5 aromatic rings. The van der Waals surface area contributed by atoms with Gasteiger partial charge in [-0.1, -0.05) is 18.2 Å². The van der Waals surface area contributed by atoms with Gasteiger partial charge >= 0.3 is 11.8 Å². The lowest BCUT2D eigenvalue weighted by molar-refractivity contribution is -0.141. The first kappa shape index (κ1) is 20.0. The number of aromatic nitrogens is 3. The topological polar surface area (TPSA) is 69.5 Å². The van der Waals surface area contributed by atoms with Gasteiger partial charge in [-0.15, -0.1) is 0 Å². The number of alkyl halides is 3. The van der Waals surface area contributed by atoms with Crippen LogP contribution in [0.1, 0.15) is 22.4 Å². The van der Waals surface area contributed by atoms with Crippen LogP contribution in [0.5, 0.6) is 0 Å². The Bertz CT molecular complexity index is 1660. The van der Waals surface area contributed by atoms with Crippen molar-refractivity contribution >= 4 is 27.8 Å². The fourth-order valence-electron chi connectivity index (χ4n) is 4.24. The highest BCUT2D eigenvalue weighted by molar-refractivity contribution is 5.85. The molecule has 0 aliphatic rings. The summed E-state index contributed by atoms with van der Waals surface area (Å²) in [4.78, 5) is 28.6. The molecule has 32 heavy (non-hydrogen) atoms. The molecule has 2 aromatic carbocycles. The Labute approximate surface area is 178 Å². The summed E-state index contributed by atoms with van der Waals surface area (Å²) in [5.74, 6) is -0.155. The van der Waals surface area contributed by atoms with Crippen molar-refractivity contribution in [1.29, 1.82) is 0 Å². The average molecular weight is 439 g/mol. The second-order valence-electron chi connectivity index (χ2n) is 7.73. The van der Waals surface area contributed by atoms with Gasteiger partial charge in [-0.3, -0.25) is 4.79 Å². The molecule has 0 amide bonds. The predicted octanol–water partition coefficient (Wildman–Crippen LogP) is 4.44.